The van der Waals surface area contributed by atoms with Gasteiger partial charge in [-0.25, -0.2) is 13.6 Å². The van der Waals surface area contributed by atoms with Gasteiger partial charge < -0.3 is 15.0 Å². The Morgan fingerprint density at radius 1 is 1.38 bits per heavy atom. The first-order chi connectivity index (χ1) is 11.4. The summed E-state index contributed by atoms with van der Waals surface area (Å²) < 4.78 is 27.0. The summed E-state index contributed by atoms with van der Waals surface area (Å²) in [5, 5.41) is 8.39. The molecule has 0 unspecified atom stereocenters. The minimum absolute atomic E-state index is 0.0140. The number of nitrogens with zero attached hydrogens (tertiary/aromatic N) is 1. The zero-order chi connectivity index (χ0) is 17.6. The number of benzene rings is 1. The van der Waals surface area contributed by atoms with Crippen LogP contribution in [-0.4, -0.2) is 51.2 Å². The maximum atomic E-state index is 12.2. The highest BCUT2D eigenvalue weighted by Gasteiger charge is 2.23. The van der Waals surface area contributed by atoms with Crippen molar-refractivity contribution in [3.05, 3.63) is 24.3 Å². The van der Waals surface area contributed by atoms with Gasteiger partial charge in [-0.1, -0.05) is 0 Å². The molecule has 0 spiro atoms. The third-order valence-corrected chi connectivity index (χ3v) is 4.91. The molecule has 0 bridgehead atoms. The number of piperidine rings is 1. The first kappa shape index (κ1) is 18.5. The van der Waals surface area contributed by atoms with Crippen LogP contribution in [0.5, 0.6) is 5.75 Å². The van der Waals surface area contributed by atoms with Crippen molar-refractivity contribution >= 4 is 21.6 Å². The average Bonchev–Trinajstić information content (AvgIpc) is 2.54. The summed E-state index contributed by atoms with van der Waals surface area (Å²) in [7, 11) is -1.87. The number of sulfonamides is 1. The molecule has 1 fully saturated rings. The summed E-state index contributed by atoms with van der Waals surface area (Å²) in [6, 6.07) is 7.87. The van der Waals surface area contributed by atoms with Crippen LogP contribution in [0.4, 0.5) is 5.69 Å². The third-order valence-electron chi connectivity index (χ3n) is 4.05. The fourth-order valence-electron chi connectivity index (χ4n) is 2.83. The van der Waals surface area contributed by atoms with Gasteiger partial charge in [0.15, 0.2) is 0 Å². The molecule has 3 N–H and O–H groups in total. The van der Waals surface area contributed by atoms with Crippen LogP contribution in [0.25, 0.3) is 0 Å². The highest BCUT2D eigenvalue weighted by molar-refractivity contribution is 7.89. The van der Waals surface area contributed by atoms with Crippen LogP contribution >= 0.6 is 0 Å². The number of hydrogen-bond donors (Lipinski definition) is 2. The van der Waals surface area contributed by atoms with Gasteiger partial charge in [0.2, 0.25) is 15.9 Å². The number of carbonyl (C=O) groups is 1. The Hall–Kier alpha value is -1.80. The summed E-state index contributed by atoms with van der Waals surface area (Å²) in [5.74, 6) is 0.635. The van der Waals surface area contributed by atoms with Crippen molar-refractivity contribution in [1.82, 2.24) is 4.90 Å². The molecule has 0 aromatic heterocycles. The smallest absolute Gasteiger partial charge is 0.222 e. The summed E-state index contributed by atoms with van der Waals surface area (Å²) in [6.45, 7) is 1.34. The molecule has 0 aliphatic carbocycles. The maximum absolute atomic E-state index is 12.2. The van der Waals surface area contributed by atoms with Crippen LogP contribution in [0.1, 0.15) is 25.7 Å². The number of carbonyl (C=O) groups excluding carboxylic acids is 1. The molecule has 1 aromatic carbocycles. The average molecular weight is 355 g/mol. The Bertz CT molecular complexity index is 646. The molecular formula is C16H25N3O4S. The summed E-state index contributed by atoms with van der Waals surface area (Å²) in [4.78, 5) is 14.0. The number of amides is 1. The molecule has 2 rings (SSSR count). The molecule has 1 heterocycles. The van der Waals surface area contributed by atoms with Gasteiger partial charge in [-0.3, -0.25) is 4.79 Å². The van der Waals surface area contributed by atoms with Crippen molar-refractivity contribution in [1.29, 1.82) is 0 Å². The van der Waals surface area contributed by atoms with E-state index in [4.69, 9.17) is 9.88 Å². The normalized spacial score (nSPS) is 18.2. The van der Waals surface area contributed by atoms with Gasteiger partial charge in [0, 0.05) is 31.2 Å². The molecular weight excluding hydrogens is 330 g/mol. The van der Waals surface area contributed by atoms with Gasteiger partial charge in [0.05, 0.1) is 12.9 Å². The van der Waals surface area contributed by atoms with E-state index in [-0.39, 0.29) is 30.5 Å². The lowest BCUT2D eigenvalue weighted by atomic mass is 10.0. The van der Waals surface area contributed by atoms with Crippen LogP contribution in [0.2, 0.25) is 0 Å². The Labute approximate surface area is 143 Å². The number of primary sulfonamides is 1. The zero-order valence-electron chi connectivity index (χ0n) is 13.9. The van der Waals surface area contributed by atoms with Crippen molar-refractivity contribution in [2.75, 3.05) is 31.3 Å². The Balaban J connectivity index is 1.83. The summed E-state index contributed by atoms with van der Waals surface area (Å²) in [6.07, 6.45) is 2.40. The number of rotatable bonds is 7. The largest absolute Gasteiger partial charge is 0.497 e. The molecule has 1 aliphatic rings. The minimum atomic E-state index is -3.50. The molecule has 1 amide bonds. The number of methoxy groups -OCH3 is 1. The summed E-state index contributed by atoms with van der Waals surface area (Å²) >= 11 is 0. The highest BCUT2D eigenvalue weighted by atomic mass is 32.2. The molecule has 24 heavy (non-hydrogen) atoms. The first-order valence-corrected chi connectivity index (χ1v) is 9.78. The Morgan fingerprint density at radius 2 is 2.08 bits per heavy atom. The molecule has 1 atom stereocenters. The molecule has 1 aliphatic heterocycles. The minimum Gasteiger partial charge on any atom is -0.497 e. The van der Waals surface area contributed by atoms with E-state index < -0.39 is 10.0 Å². The lowest BCUT2D eigenvalue weighted by molar-refractivity contribution is -0.132. The van der Waals surface area contributed by atoms with E-state index in [0.717, 1.165) is 30.8 Å². The lowest BCUT2D eigenvalue weighted by Gasteiger charge is -2.34. The van der Waals surface area contributed by atoms with Gasteiger partial charge in [0.25, 0.3) is 0 Å². The van der Waals surface area contributed by atoms with Gasteiger partial charge in [0.1, 0.15) is 5.75 Å². The molecule has 8 heteroatoms. The van der Waals surface area contributed by atoms with Crippen LogP contribution in [0.15, 0.2) is 24.3 Å². The fourth-order valence-corrected chi connectivity index (χ4v) is 3.37. The lowest BCUT2D eigenvalue weighted by Crippen LogP contribution is -2.45. The number of hydrogen-bond acceptors (Lipinski definition) is 5. The third kappa shape index (κ3) is 6.01. The van der Waals surface area contributed by atoms with Crippen molar-refractivity contribution in [3.63, 3.8) is 0 Å². The van der Waals surface area contributed by atoms with Crippen LogP contribution in [-0.2, 0) is 14.8 Å². The highest BCUT2D eigenvalue weighted by Crippen LogP contribution is 2.19. The number of likely N-dealkylation sites (tertiary alicyclic amines) is 1. The second-order valence-corrected chi connectivity index (χ2v) is 7.76. The maximum Gasteiger partial charge on any atom is 0.222 e. The second kappa shape index (κ2) is 8.34. The number of nitrogens with one attached hydrogen (secondary N) is 1. The Kier molecular flexibility index (Phi) is 6.44. The zero-order valence-corrected chi connectivity index (χ0v) is 14.7. The molecule has 134 valence electrons. The molecule has 1 aromatic rings. The number of nitrogens with two attached hydrogens (primary N) is 1. The molecule has 7 nitrogen and oxygen atoms in total. The predicted octanol–water partition coefficient (Wildman–Crippen LogP) is 1.17. The predicted molar refractivity (Wildman–Crippen MR) is 93.4 cm³/mol. The van der Waals surface area contributed by atoms with Gasteiger partial charge >= 0.3 is 0 Å². The molecule has 0 radical (unpaired) electrons. The van der Waals surface area contributed by atoms with E-state index in [1.807, 2.05) is 24.3 Å². The standard InChI is InChI=1S/C16H25N3O4S/c1-23-15-8-6-13(7-9-15)18-14-4-2-10-19(12-14)16(20)5-3-11-24(17,21)22/h6-9,14,18H,2-5,10-12H2,1H3,(H2,17,21,22)/t14-/m1/s1. The number of ether oxygens (including phenoxy) is 1. The van der Waals surface area contributed by atoms with Crippen molar-refractivity contribution in [3.8, 4) is 5.75 Å². The van der Waals surface area contributed by atoms with E-state index >= 15 is 0 Å². The fraction of sp³-hybridized carbons (Fsp3) is 0.562. The summed E-state index contributed by atoms with van der Waals surface area (Å²) in [5.41, 5.74) is 0.990. The van der Waals surface area contributed by atoms with Crippen molar-refractivity contribution < 1.29 is 17.9 Å². The van der Waals surface area contributed by atoms with Crippen molar-refractivity contribution in [2.45, 2.75) is 31.7 Å². The molecule has 1 saturated heterocycles. The van der Waals surface area contributed by atoms with Crippen LogP contribution < -0.4 is 15.2 Å². The van der Waals surface area contributed by atoms with Gasteiger partial charge in [-0.2, -0.15) is 0 Å². The monoisotopic (exact) mass is 355 g/mol. The molecule has 0 saturated carbocycles. The van der Waals surface area contributed by atoms with Gasteiger partial charge in [-0.05, 0) is 43.5 Å². The Morgan fingerprint density at radius 3 is 2.71 bits per heavy atom. The second-order valence-electron chi connectivity index (χ2n) is 6.02. The van der Waals surface area contributed by atoms with E-state index in [9.17, 15) is 13.2 Å². The topological polar surface area (TPSA) is 102 Å². The SMILES string of the molecule is COc1ccc(N[C@@H]2CCCN(C(=O)CCCS(N)(=O)=O)C2)cc1. The van der Waals surface area contributed by atoms with Crippen molar-refractivity contribution in [2.24, 2.45) is 5.14 Å². The van der Waals surface area contributed by atoms with E-state index in [0.29, 0.717) is 6.54 Å². The van der Waals surface area contributed by atoms with Crippen LogP contribution in [0, 0.1) is 0 Å². The van der Waals surface area contributed by atoms with E-state index in [2.05, 4.69) is 5.32 Å². The van der Waals surface area contributed by atoms with Gasteiger partial charge in [-0.15, -0.1) is 0 Å². The van der Waals surface area contributed by atoms with Crippen LogP contribution in [0.3, 0.4) is 0 Å². The quantitative estimate of drug-likeness (QED) is 0.764. The van der Waals surface area contributed by atoms with E-state index in [1.54, 1.807) is 12.0 Å². The number of anilines is 1. The van der Waals surface area contributed by atoms with E-state index in [1.165, 1.54) is 0 Å². The first-order valence-electron chi connectivity index (χ1n) is 8.06.